The SMILES string of the molecule is CCCCOC(=O)C#Cc1cc(N(C)C)c2c(c1O)C(=O)C1C(=O)C3C(=O)C(C(C)=O)C(=O)CC3CC1C2. The number of carbonyl (C=O) groups is 6. The molecule has 3 aliphatic carbocycles. The summed E-state index contributed by atoms with van der Waals surface area (Å²) in [6.45, 7) is 3.34. The van der Waals surface area contributed by atoms with Crippen LogP contribution in [0.25, 0.3) is 0 Å². The van der Waals surface area contributed by atoms with Gasteiger partial charge < -0.3 is 14.7 Å². The third kappa shape index (κ3) is 4.64. The maximum absolute atomic E-state index is 13.8. The normalized spacial score (nSPS) is 25.9. The van der Waals surface area contributed by atoms with Gasteiger partial charge in [0.2, 0.25) is 0 Å². The van der Waals surface area contributed by atoms with Gasteiger partial charge in [-0.1, -0.05) is 19.3 Å². The van der Waals surface area contributed by atoms with Crippen LogP contribution in [0.5, 0.6) is 5.75 Å². The molecule has 0 aliphatic heterocycles. The molecule has 9 nitrogen and oxygen atoms in total. The second kappa shape index (κ2) is 10.5. The molecular formula is C29H31NO8. The van der Waals surface area contributed by atoms with Crippen molar-refractivity contribution < 1.29 is 38.6 Å². The molecule has 4 rings (SSSR count). The largest absolute Gasteiger partial charge is 0.506 e. The van der Waals surface area contributed by atoms with E-state index >= 15 is 0 Å². The lowest BCUT2D eigenvalue weighted by atomic mass is 9.55. The summed E-state index contributed by atoms with van der Waals surface area (Å²) in [5.74, 6) is -4.06. The van der Waals surface area contributed by atoms with E-state index in [4.69, 9.17) is 4.74 Å². The van der Waals surface area contributed by atoms with E-state index in [2.05, 4.69) is 11.8 Å². The fraction of sp³-hybridized carbons (Fsp3) is 0.517. The van der Waals surface area contributed by atoms with Crippen LogP contribution in [-0.4, -0.2) is 60.7 Å². The van der Waals surface area contributed by atoms with E-state index in [-0.39, 0.29) is 30.6 Å². The van der Waals surface area contributed by atoms with Gasteiger partial charge in [0.15, 0.2) is 23.1 Å². The Morgan fingerprint density at radius 1 is 1.08 bits per heavy atom. The van der Waals surface area contributed by atoms with E-state index in [1.54, 1.807) is 25.1 Å². The molecule has 2 fully saturated rings. The smallest absolute Gasteiger partial charge is 0.384 e. The second-order valence-electron chi connectivity index (χ2n) is 10.6. The summed E-state index contributed by atoms with van der Waals surface area (Å²) in [5.41, 5.74) is 1.16. The van der Waals surface area contributed by atoms with Gasteiger partial charge >= 0.3 is 5.97 Å². The zero-order chi connectivity index (χ0) is 27.9. The summed E-state index contributed by atoms with van der Waals surface area (Å²) >= 11 is 0. The van der Waals surface area contributed by atoms with E-state index in [9.17, 15) is 33.9 Å². The average Bonchev–Trinajstić information content (AvgIpc) is 2.82. The Bertz CT molecular complexity index is 1310. The number of hydrogen-bond acceptors (Lipinski definition) is 9. The molecule has 1 aromatic carbocycles. The minimum absolute atomic E-state index is 0.0452. The summed E-state index contributed by atoms with van der Waals surface area (Å²) in [4.78, 5) is 78.7. The molecule has 200 valence electrons. The number of ketones is 5. The fourth-order valence-corrected chi connectivity index (χ4v) is 6.12. The number of rotatable bonds is 5. The second-order valence-corrected chi connectivity index (χ2v) is 10.6. The van der Waals surface area contributed by atoms with Gasteiger partial charge in [-0.05, 0) is 49.7 Å². The van der Waals surface area contributed by atoms with Gasteiger partial charge in [0.05, 0.1) is 29.6 Å². The number of ether oxygens (including phenoxy) is 1. The maximum atomic E-state index is 13.8. The Morgan fingerprint density at radius 2 is 1.76 bits per heavy atom. The van der Waals surface area contributed by atoms with Crippen LogP contribution in [-0.2, 0) is 35.1 Å². The van der Waals surface area contributed by atoms with Crippen LogP contribution in [0.4, 0.5) is 5.69 Å². The Balaban J connectivity index is 1.74. The molecule has 5 unspecified atom stereocenters. The number of phenols is 1. The lowest BCUT2D eigenvalue weighted by Gasteiger charge is -2.44. The van der Waals surface area contributed by atoms with Gasteiger partial charge in [0.1, 0.15) is 17.5 Å². The number of anilines is 1. The van der Waals surface area contributed by atoms with Crippen LogP contribution < -0.4 is 4.90 Å². The Morgan fingerprint density at radius 3 is 2.39 bits per heavy atom. The van der Waals surface area contributed by atoms with Gasteiger partial charge in [-0.2, -0.15) is 0 Å². The number of Topliss-reactive ketones (excluding diaryl/α,β-unsaturated/α-hetero) is 5. The zero-order valence-corrected chi connectivity index (χ0v) is 22.0. The molecular weight excluding hydrogens is 490 g/mol. The van der Waals surface area contributed by atoms with Gasteiger partial charge in [0.25, 0.3) is 0 Å². The number of phenolic OH excluding ortho intramolecular Hbond substituents is 1. The van der Waals surface area contributed by atoms with Crippen LogP contribution in [0, 0.1) is 41.4 Å². The van der Waals surface area contributed by atoms with Gasteiger partial charge in [0, 0.05) is 32.1 Å². The highest BCUT2D eigenvalue weighted by molar-refractivity contribution is 6.28. The van der Waals surface area contributed by atoms with Crippen molar-refractivity contribution in [3.05, 3.63) is 22.8 Å². The fourth-order valence-electron chi connectivity index (χ4n) is 6.12. The zero-order valence-electron chi connectivity index (χ0n) is 22.0. The van der Waals surface area contributed by atoms with E-state index in [0.29, 0.717) is 24.1 Å². The van der Waals surface area contributed by atoms with Crippen molar-refractivity contribution in [3.63, 3.8) is 0 Å². The summed E-state index contributed by atoms with van der Waals surface area (Å²) < 4.78 is 5.04. The van der Waals surface area contributed by atoms with Crippen molar-refractivity contribution in [1.29, 1.82) is 0 Å². The van der Waals surface area contributed by atoms with E-state index in [1.807, 2.05) is 6.92 Å². The van der Waals surface area contributed by atoms with Crippen molar-refractivity contribution in [2.24, 2.45) is 29.6 Å². The molecule has 38 heavy (non-hydrogen) atoms. The molecule has 0 radical (unpaired) electrons. The van der Waals surface area contributed by atoms with Crippen LogP contribution in [0.15, 0.2) is 6.07 Å². The van der Waals surface area contributed by atoms with Crippen molar-refractivity contribution in [3.8, 4) is 17.6 Å². The van der Waals surface area contributed by atoms with Gasteiger partial charge in [-0.25, -0.2) is 4.79 Å². The highest BCUT2D eigenvalue weighted by atomic mass is 16.5. The molecule has 0 bridgehead atoms. The predicted octanol–water partition coefficient (Wildman–Crippen LogP) is 2.08. The first-order valence-corrected chi connectivity index (χ1v) is 12.9. The molecule has 3 aliphatic rings. The molecule has 2 saturated carbocycles. The van der Waals surface area contributed by atoms with Crippen molar-refractivity contribution in [1.82, 2.24) is 0 Å². The van der Waals surface area contributed by atoms with E-state index in [1.165, 1.54) is 0 Å². The highest BCUT2D eigenvalue weighted by Crippen LogP contribution is 2.50. The number of hydrogen-bond donors (Lipinski definition) is 1. The average molecular weight is 522 g/mol. The molecule has 0 amide bonds. The molecule has 0 saturated heterocycles. The number of esters is 1. The van der Waals surface area contributed by atoms with Crippen LogP contribution in [0.2, 0.25) is 0 Å². The maximum Gasteiger partial charge on any atom is 0.384 e. The topological polar surface area (TPSA) is 135 Å². The number of aromatic hydroxyl groups is 1. The molecule has 1 N–H and O–H groups in total. The third-order valence-electron chi connectivity index (χ3n) is 7.84. The highest BCUT2D eigenvalue weighted by Gasteiger charge is 2.57. The van der Waals surface area contributed by atoms with Crippen molar-refractivity contribution in [2.75, 3.05) is 25.6 Å². The summed E-state index contributed by atoms with van der Waals surface area (Å²) in [6, 6.07) is 1.59. The minimum atomic E-state index is -1.46. The Kier molecular flexibility index (Phi) is 7.54. The van der Waals surface area contributed by atoms with Gasteiger partial charge in [-0.3, -0.25) is 24.0 Å². The number of fused-ring (bicyclic) bond motifs is 3. The first-order valence-electron chi connectivity index (χ1n) is 12.9. The number of carbonyl (C=O) groups excluding carboxylic acids is 6. The van der Waals surface area contributed by atoms with Crippen molar-refractivity contribution >= 4 is 40.6 Å². The first-order chi connectivity index (χ1) is 18.0. The predicted molar refractivity (Wildman–Crippen MR) is 136 cm³/mol. The summed E-state index contributed by atoms with van der Waals surface area (Å²) in [5, 5.41) is 11.1. The number of unbranched alkanes of at least 4 members (excludes halogenated alkanes) is 1. The lowest BCUT2D eigenvalue weighted by Crippen LogP contribution is -2.55. The van der Waals surface area contributed by atoms with Crippen molar-refractivity contribution in [2.45, 2.75) is 46.0 Å². The lowest BCUT2D eigenvalue weighted by molar-refractivity contribution is -0.152. The molecule has 0 spiro atoms. The van der Waals surface area contributed by atoms with Crippen LogP contribution in [0.3, 0.4) is 0 Å². The minimum Gasteiger partial charge on any atom is -0.506 e. The molecule has 1 aromatic rings. The molecule has 9 heteroatoms. The third-order valence-corrected chi connectivity index (χ3v) is 7.84. The number of benzene rings is 1. The summed E-state index contributed by atoms with van der Waals surface area (Å²) in [7, 11) is 3.53. The summed E-state index contributed by atoms with van der Waals surface area (Å²) in [6.07, 6.45) is 2.09. The number of nitrogens with zero attached hydrogens (tertiary/aromatic N) is 1. The quantitative estimate of drug-likeness (QED) is 0.267. The molecule has 0 aromatic heterocycles. The monoisotopic (exact) mass is 521 g/mol. The molecule has 0 heterocycles. The Labute approximate surface area is 220 Å². The van der Waals surface area contributed by atoms with Crippen LogP contribution >= 0.6 is 0 Å². The van der Waals surface area contributed by atoms with Gasteiger partial charge in [-0.15, -0.1) is 0 Å². The Hall–Kier alpha value is -3.80. The van der Waals surface area contributed by atoms with Crippen LogP contribution in [0.1, 0.15) is 61.0 Å². The first kappa shape index (κ1) is 27.2. The van der Waals surface area contributed by atoms with E-state index in [0.717, 1.165) is 13.3 Å². The molecule has 5 atom stereocenters. The van der Waals surface area contributed by atoms with E-state index < -0.39 is 70.2 Å². The standard InChI is InChI=1S/C29H31NO8/c1-5-6-9-38-21(33)8-7-15-12-19(30(3)4)18-11-16-10-17-13-20(32)22(14(2)31)27(35)24(17)28(36)23(16)29(37)25(18)26(15)34/h12,16-17,22-24,34H,5-6,9-11,13H2,1-4H3.